The molecule has 1 fully saturated rings. The molecule has 1 aromatic carbocycles. The van der Waals surface area contributed by atoms with Crippen LogP contribution in [-0.2, 0) is 6.42 Å². The smallest absolute Gasteiger partial charge is 0.422 e. The summed E-state index contributed by atoms with van der Waals surface area (Å²) in [5, 5.41) is 0. The average molecular weight is 476 g/mol. The summed E-state index contributed by atoms with van der Waals surface area (Å²) in [6.07, 6.45) is 1.04. The van der Waals surface area contributed by atoms with E-state index in [0.717, 1.165) is 12.8 Å². The van der Waals surface area contributed by atoms with Crippen molar-refractivity contribution in [3.8, 4) is 28.7 Å². The molecule has 180 valence electrons. The SMILES string of the molecule is COc1cccnc1C(=O)CCc1coc(-c2ccc(OCC(F)(F)F)c(OCC3CC3)c2)n1. The molecule has 7 nitrogen and oxygen atoms in total. The van der Waals surface area contributed by atoms with Gasteiger partial charge < -0.3 is 18.6 Å². The molecule has 3 aromatic rings. The van der Waals surface area contributed by atoms with Crippen LogP contribution in [-0.4, -0.2) is 42.3 Å². The average Bonchev–Trinajstić information content (AvgIpc) is 3.54. The summed E-state index contributed by atoms with van der Waals surface area (Å²) in [5.74, 6) is 1.08. The lowest BCUT2D eigenvalue weighted by Gasteiger charge is -2.14. The third-order valence-corrected chi connectivity index (χ3v) is 5.17. The molecule has 1 aliphatic rings. The van der Waals surface area contributed by atoms with E-state index in [1.165, 1.54) is 25.6 Å². The first-order chi connectivity index (χ1) is 16.3. The molecule has 0 unspecified atom stereocenters. The van der Waals surface area contributed by atoms with Crippen molar-refractivity contribution in [2.75, 3.05) is 20.3 Å². The minimum absolute atomic E-state index is 0.00316. The number of rotatable bonds is 11. The number of ketones is 1. The Kier molecular flexibility index (Phi) is 7.04. The van der Waals surface area contributed by atoms with Crippen molar-refractivity contribution >= 4 is 5.78 Å². The van der Waals surface area contributed by atoms with Gasteiger partial charge in [-0.1, -0.05) is 0 Å². The predicted molar refractivity (Wildman–Crippen MR) is 115 cm³/mol. The number of halogens is 3. The summed E-state index contributed by atoms with van der Waals surface area (Å²) >= 11 is 0. The van der Waals surface area contributed by atoms with Gasteiger partial charge in [-0.15, -0.1) is 0 Å². The minimum Gasteiger partial charge on any atom is -0.494 e. The maximum atomic E-state index is 12.6. The van der Waals surface area contributed by atoms with Crippen LogP contribution in [0.25, 0.3) is 11.5 Å². The third kappa shape index (κ3) is 6.27. The molecule has 0 amide bonds. The Morgan fingerprint density at radius 3 is 2.71 bits per heavy atom. The Hall–Kier alpha value is -3.56. The molecular weight excluding hydrogens is 453 g/mol. The number of alkyl halides is 3. The molecule has 1 saturated carbocycles. The van der Waals surface area contributed by atoms with E-state index in [1.54, 1.807) is 24.3 Å². The van der Waals surface area contributed by atoms with Crippen molar-refractivity contribution in [2.45, 2.75) is 31.9 Å². The molecule has 10 heteroatoms. The first kappa shape index (κ1) is 23.6. The number of aromatic nitrogens is 2. The van der Waals surface area contributed by atoms with Gasteiger partial charge in [-0.25, -0.2) is 9.97 Å². The largest absolute Gasteiger partial charge is 0.494 e. The highest BCUT2D eigenvalue weighted by atomic mass is 19.4. The second kappa shape index (κ2) is 10.1. The quantitative estimate of drug-likeness (QED) is 0.348. The monoisotopic (exact) mass is 476 g/mol. The Morgan fingerprint density at radius 2 is 1.97 bits per heavy atom. The highest BCUT2D eigenvalue weighted by Crippen LogP contribution is 2.36. The number of methoxy groups -OCH3 is 1. The van der Waals surface area contributed by atoms with Crippen LogP contribution in [0.1, 0.15) is 35.4 Å². The standard InChI is InChI=1S/C24H23F3N2O5/c1-31-20-3-2-10-28-22(20)18(30)8-7-17-13-33-23(29-17)16-6-9-19(34-14-24(25,26)27)21(11-16)32-12-15-4-5-15/h2-3,6,9-11,13,15H,4-5,7-8,12,14H2,1H3. The lowest BCUT2D eigenvalue weighted by Crippen LogP contribution is -2.19. The van der Waals surface area contributed by atoms with E-state index in [1.807, 2.05) is 0 Å². The van der Waals surface area contributed by atoms with Crippen molar-refractivity contribution in [1.29, 1.82) is 0 Å². The fourth-order valence-corrected chi connectivity index (χ4v) is 3.20. The number of carbonyl (C=O) groups is 1. The van der Waals surface area contributed by atoms with Crippen LogP contribution in [0.4, 0.5) is 13.2 Å². The molecular formula is C24H23F3N2O5. The molecule has 4 rings (SSSR count). The Bertz CT molecular complexity index is 1140. The number of carbonyl (C=O) groups excluding carboxylic acids is 1. The summed E-state index contributed by atoms with van der Waals surface area (Å²) in [5.41, 5.74) is 1.32. The van der Waals surface area contributed by atoms with Crippen LogP contribution < -0.4 is 14.2 Å². The normalized spacial score (nSPS) is 13.5. The van der Waals surface area contributed by atoms with Crippen molar-refractivity contribution in [1.82, 2.24) is 9.97 Å². The number of hydrogen-bond acceptors (Lipinski definition) is 7. The fourth-order valence-electron chi connectivity index (χ4n) is 3.20. The van der Waals surface area contributed by atoms with E-state index >= 15 is 0 Å². The number of hydrogen-bond donors (Lipinski definition) is 0. The topological polar surface area (TPSA) is 83.7 Å². The molecule has 0 radical (unpaired) electrons. The number of ether oxygens (including phenoxy) is 3. The van der Waals surface area contributed by atoms with Crippen LogP contribution in [0.5, 0.6) is 17.2 Å². The van der Waals surface area contributed by atoms with E-state index in [2.05, 4.69) is 9.97 Å². The zero-order valence-electron chi connectivity index (χ0n) is 18.4. The van der Waals surface area contributed by atoms with Gasteiger partial charge in [0.05, 0.1) is 19.4 Å². The highest BCUT2D eigenvalue weighted by molar-refractivity contribution is 5.96. The maximum Gasteiger partial charge on any atom is 0.422 e. The zero-order chi connectivity index (χ0) is 24.1. The van der Waals surface area contributed by atoms with Gasteiger partial charge >= 0.3 is 6.18 Å². The molecule has 0 aliphatic heterocycles. The van der Waals surface area contributed by atoms with Gasteiger partial charge in [0.25, 0.3) is 0 Å². The van der Waals surface area contributed by atoms with E-state index in [0.29, 0.717) is 36.0 Å². The second-order valence-electron chi connectivity index (χ2n) is 7.94. The Morgan fingerprint density at radius 1 is 1.15 bits per heavy atom. The second-order valence-corrected chi connectivity index (χ2v) is 7.94. The van der Waals surface area contributed by atoms with Crippen molar-refractivity contribution < 1.29 is 36.6 Å². The molecule has 0 N–H and O–H groups in total. The van der Waals surface area contributed by atoms with E-state index in [4.69, 9.17) is 18.6 Å². The van der Waals surface area contributed by atoms with Crippen LogP contribution in [0, 0.1) is 5.92 Å². The number of aryl methyl sites for hydroxylation is 1. The molecule has 0 bridgehead atoms. The number of benzene rings is 1. The fraction of sp³-hybridized carbons (Fsp3) is 0.375. The molecule has 2 heterocycles. The van der Waals surface area contributed by atoms with Crippen molar-refractivity contribution in [3.63, 3.8) is 0 Å². The van der Waals surface area contributed by atoms with Crippen molar-refractivity contribution in [2.24, 2.45) is 5.92 Å². The summed E-state index contributed by atoms with van der Waals surface area (Å²) < 4.78 is 59.2. The highest BCUT2D eigenvalue weighted by Gasteiger charge is 2.29. The van der Waals surface area contributed by atoms with Crippen molar-refractivity contribution in [3.05, 3.63) is 54.2 Å². The van der Waals surface area contributed by atoms with Gasteiger partial charge in [-0.3, -0.25) is 4.79 Å². The van der Waals surface area contributed by atoms with Crippen LogP contribution >= 0.6 is 0 Å². The number of oxazole rings is 1. The van der Waals surface area contributed by atoms with Crippen LogP contribution in [0.3, 0.4) is 0 Å². The van der Waals surface area contributed by atoms with Gasteiger partial charge in [-0.05, 0) is 49.1 Å². The lowest BCUT2D eigenvalue weighted by molar-refractivity contribution is -0.153. The number of nitrogens with zero attached hydrogens (tertiary/aromatic N) is 2. The zero-order valence-corrected chi connectivity index (χ0v) is 18.4. The van der Waals surface area contributed by atoms with Gasteiger partial charge in [0.15, 0.2) is 23.9 Å². The van der Waals surface area contributed by atoms with Gasteiger partial charge in [-0.2, -0.15) is 13.2 Å². The van der Waals surface area contributed by atoms with E-state index < -0.39 is 12.8 Å². The van der Waals surface area contributed by atoms with E-state index in [9.17, 15) is 18.0 Å². The third-order valence-electron chi connectivity index (χ3n) is 5.17. The number of Topliss-reactive ketones (excluding diaryl/α,β-unsaturated/α-hetero) is 1. The maximum absolute atomic E-state index is 12.6. The van der Waals surface area contributed by atoms with E-state index in [-0.39, 0.29) is 35.3 Å². The minimum atomic E-state index is -4.46. The van der Waals surface area contributed by atoms with Gasteiger partial charge in [0, 0.05) is 24.6 Å². The molecule has 0 atom stereocenters. The van der Waals surface area contributed by atoms with Gasteiger partial charge in [0.2, 0.25) is 5.89 Å². The van der Waals surface area contributed by atoms with Crippen LogP contribution in [0.2, 0.25) is 0 Å². The predicted octanol–water partition coefficient (Wildman–Crippen LogP) is 5.29. The number of pyridine rings is 1. The molecule has 2 aromatic heterocycles. The molecule has 0 saturated heterocycles. The van der Waals surface area contributed by atoms with Gasteiger partial charge in [0.1, 0.15) is 17.7 Å². The summed E-state index contributed by atoms with van der Waals surface area (Å²) in [6.45, 7) is -1.01. The molecule has 34 heavy (non-hydrogen) atoms. The lowest BCUT2D eigenvalue weighted by atomic mass is 10.1. The first-order valence-electron chi connectivity index (χ1n) is 10.8. The summed E-state index contributed by atoms with van der Waals surface area (Å²) in [6, 6.07) is 7.86. The summed E-state index contributed by atoms with van der Waals surface area (Å²) in [7, 11) is 1.47. The Balaban J connectivity index is 1.45. The molecule has 1 aliphatic carbocycles. The van der Waals surface area contributed by atoms with Crippen LogP contribution in [0.15, 0.2) is 47.2 Å². The summed E-state index contributed by atoms with van der Waals surface area (Å²) in [4.78, 5) is 21.0. The molecule has 0 spiro atoms. The first-order valence-corrected chi connectivity index (χ1v) is 10.8. The Labute approximate surface area is 193 Å².